The summed E-state index contributed by atoms with van der Waals surface area (Å²) in [5.41, 5.74) is 0. The Morgan fingerprint density at radius 1 is 0.773 bits per heavy atom. The summed E-state index contributed by atoms with van der Waals surface area (Å²) in [4.78, 5) is 45.2. The second kappa shape index (κ2) is 10.4. The van der Waals surface area contributed by atoms with Gasteiger partial charge in [-0.05, 0) is 27.7 Å². The minimum atomic E-state index is -1.09. The number of esters is 4. The van der Waals surface area contributed by atoms with Crippen molar-refractivity contribution in [1.82, 2.24) is 0 Å². The van der Waals surface area contributed by atoms with Crippen LogP contribution in [0.25, 0.3) is 0 Å². The smallest absolute Gasteiger partial charge is 0.347 e. The van der Waals surface area contributed by atoms with Crippen LogP contribution in [-0.4, -0.2) is 49.3 Å². The van der Waals surface area contributed by atoms with Gasteiger partial charge in [0, 0.05) is 12.2 Å². The zero-order chi connectivity index (χ0) is 17.1. The van der Waals surface area contributed by atoms with Gasteiger partial charge in [-0.2, -0.15) is 0 Å². The summed E-state index contributed by atoms with van der Waals surface area (Å²) in [6.07, 6.45) is -0.607. The number of carbonyl (C=O) groups excluding carboxylic acids is 4. The van der Waals surface area contributed by atoms with Crippen LogP contribution in [0.2, 0.25) is 0 Å². The molecule has 0 heterocycles. The number of hydrogen-bond acceptors (Lipinski definition) is 8. The molecule has 0 aliphatic rings. The van der Waals surface area contributed by atoms with Crippen molar-refractivity contribution >= 4 is 23.9 Å². The first-order valence-corrected chi connectivity index (χ1v) is 6.74. The Bertz CT molecular complexity index is 400. The van der Waals surface area contributed by atoms with Crippen molar-refractivity contribution in [2.45, 2.75) is 39.9 Å². The summed E-state index contributed by atoms with van der Waals surface area (Å²) in [5.74, 6) is -3.21. The molecule has 0 unspecified atom stereocenters. The van der Waals surface area contributed by atoms with Gasteiger partial charge < -0.3 is 18.9 Å². The minimum Gasteiger partial charge on any atom is -0.463 e. The number of carbonyl (C=O) groups is 4. The second-order valence-corrected chi connectivity index (χ2v) is 4.00. The van der Waals surface area contributed by atoms with E-state index in [4.69, 9.17) is 9.47 Å². The van der Waals surface area contributed by atoms with Gasteiger partial charge >= 0.3 is 23.9 Å². The van der Waals surface area contributed by atoms with E-state index in [1.165, 1.54) is 13.8 Å². The van der Waals surface area contributed by atoms with Crippen LogP contribution in [0, 0.1) is 0 Å². The molecule has 0 aliphatic carbocycles. The average Bonchev–Trinajstić information content (AvgIpc) is 2.45. The van der Waals surface area contributed by atoms with E-state index in [-0.39, 0.29) is 13.2 Å². The van der Waals surface area contributed by atoms with E-state index in [1.807, 2.05) is 0 Å². The monoisotopic (exact) mass is 316 g/mol. The van der Waals surface area contributed by atoms with Gasteiger partial charge in [0.15, 0.2) is 12.2 Å². The van der Waals surface area contributed by atoms with E-state index in [9.17, 15) is 19.2 Å². The normalized spacial score (nSPS) is 13.1. The van der Waals surface area contributed by atoms with Crippen LogP contribution < -0.4 is 0 Å². The molecule has 2 atom stereocenters. The van der Waals surface area contributed by atoms with Crippen molar-refractivity contribution in [3.63, 3.8) is 0 Å². The molecule has 0 amide bonds. The molecule has 0 saturated carbocycles. The molecule has 0 aromatic rings. The molecular formula is C14H20O8. The van der Waals surface area contributed by atoms with Gasteiger partial charge in [-0.25, -0.2) is 19.2 Å². The van der Waals surface area contributed by atoms with Crippen molar-refractivity contribution in [2.75, 3.05) is 13.2 Å². The molecule has 0 aliphatic heterocycles. The summed E-state index contributed by atoms with van der Waals surface area (Å²) in [6.45, 7) is 6.24. The van der Waals surface area contributed by atoms with Gasteiger partial charge in [0.2, 0.25) is 0 Å². The fraction of sp³-hybridized carbons (Fsp3) is 0.571. The summed E-state index contributed by atoms with van der Waals surface area (Å²) in [5, 5.41) is 0. The molecule has 0 radical (unpaired) electrons. The van der Waals surface area contributed by atoms with E-state index in [0.717, 1.165) is 12.2 Å². The predicted octanol–water partition coefficient (Wildman–Crippen LogP) is 0.532. The van der Waals surface area contributed by atoms with Crippen molar-refractivity contribution in [1.29, 1.82) is 0 Å². The topological polar surface area (TPSA) is 105 Å². The number of ether oxygens (including phenoxy) is 4. The highest BCUT2D eigenvalue weighted by molar-refractivity contribution is 5.93. The maximum absolute atomic E-state index is 11.4. The second-order valence-electron chi connectivity index (χ2n) is 4.00. The first-order valence-electron chi connectivity index (χ1n) is 6.74. The summed E-state index contributed by atoms with van der Waals surface area (Å²) in [7, 11) is 0. The Morgan fingerprint density at radius 2 is 1.09 bits per heavy atom. The minimum absolute atomic E-state index is 0.161. The first kappa shape index (κ1) is 19.6. The van der Waals surface area contributed by atoms with Crippen molar-refractivity contribution in [3.8, 4) is 0 Å². The van der Waals surface area contributed by atoms with E-state index < -0.39 is 36.1 Å². The molecule has 8 nitrogen and oxygen atoms in total. The summed E-state index contributed by atoms with van der Waals surface area (Å²) in [6, 6.07) is 0. The highest BCUT2D eigenvalue weighted by Crippen LogP contribution is 1.99. The Morgan fingerprint density at radius 3 is 1.36 bits per heavy atom. The number of rotatable bonds is 8. The molecule has 0 N–H and O–H groups in total. The molecule has 22 heavy (non-hydrogen) atoms. The van der Waals surface area contributed by atoms with Crippen LogP contribution in [0.3, 0.4) is 0 Å². The van der Waals surface area contributed by atoms with Crippen LogP contribution in [0.1, 0.15) is 27.7 Å². The Labute approximate surface area is 128 Å². The Hall–Kier alpha value is -2.38. The lowest BCUT2D eigenvalue weighted by Gasteiger charge is -2.11. The molecule has 0 bridgehead atoms. The Balaban J connectivity index is 4.29. The molecular weight excluding hydrogens is 296 g/mol. The lowest BCUT2D eigenvalue weighted by atomic mass is 10.4. The molecule has 124 valence electrons. The fourth-order valence-electron chi connectivity index (χ4n) is 1.18. The van der Waals surface area contributed by atoms with Gasteiger partial charge in [-0.1, -0.05) is 0 Å². The standard InChI is InChI=1S/C14H20O8/c1-5-19-13(17)9(3)21-11(15)7-8-12(16)22-10(4)14(18)20-6-2/h7-10H,5-6H2,1-4H3/b8-7+/t9-,10-/m0/s1. The molecule has 0 fully saturated rings. The molecule has 0 spiro atoms. The van der Waals surface area contributed by atoms with Crippen molar-refractivity contribution < 1.29 is 38.1 Å². The third kappa shape index (κ3) is 8.03. The Kier molecular flexibility index (Phi) is 9.24. The summed E-state index contributed by atoms with van der Waals surface area (Å²) < 4.78 is 18.7. The molecule has 8 heteroatoms. The fourth-order valence-corrected chi connectivity index (χ4v) is 1.18. The van der Waals surface area contributed by atoms with E-state index in [0.29, 0.717) is 0 Å². The van der Waals surface area contributed by atoms with Gasteiger partial charge in [-0.15, -0.1) is 0 Å². The van der Waals surface area contributed by atoms with Gasteiger partial charge in [-0.3, -0.25) is 0 Å². The molecule has 0 aromatic carbocycles. The van der Waals surface area contributed by atoms with E-state index in [1.54, 1.807) is 13.8 Å². The van der Waals surface area contributed by atoms with Crippen LogP contribution in [-0.2, 0) is 38.1 Å². The van der Waals surface area contributed by atoms with Gasteiger partial charge in [0.05, 0.1) is 13.2 Å². The van der Waals surface area contributed by atoms with Crippen molar-refractivity contribution in [2.24, 2.45) is 0 Å². The summed E-state index contributed by atoms with van der Waals surface area (Å²) >= 11 is 0. The van der Waals surface area contributed by atoms with Crippen LogP contribution in [0.15, 0.2) is 12.2 Å². The first-order chi connectivity index (χ1) is 10.3. The highest BCUT2D eigenvalue weighted by atomic mass is 16.6. The van der Waals surface area contributed by atoms with Crippen LogP contribution in [0.4, 0.5) is 0 Å². The lowest BCUT2D eigenvalue weighted by Crippen LogP contribution is -2.26. The molecule has 0 saturated heterocycles. The van der Waals surface area contributed by atoms with E-state index in [2.05, 4.69) is 9.47 Å². The zero-order valence-corrected chi connectivity index (χ0v) is 13.0. The maximum atomic E-state index is 11.4. The number of hydrogen-bond donors (Lipinski definition) is 0. The lowest BCUT2D eigenvalue weighted by molar-refractivity contribution is -0.164. The SMILES string of the molecule is CCOC(=O)[C@H](C)OC(=O)/C=C/C(=O)O[C@@H](C)C(=O)OCC. The quantitative estimate of drug-likeness (QED) is 0.363. The predicted molar refractivity (Wildman–Crippen MR) is 73.5 cm³/mol. The zero-order valence-electron chi connectivity index (χ0n) is 13.0. The largest absolute Gasteiger partial charge is 0.463 e. The van der Waals surface area contributed by atoms with Gasteiger partial charge in [0.1, 0.15) is 0 Å². The van der Waals surface area contributed by atoms with Crippen molar-refractivity contribution in [3.05, 3.63) is 12.2 Å². The highest BCUT2D eigenvalue weighted by Gasteiger charge is 2.19. The maximum Gasteiger partial charge on any atom is 0.347 e. The van der Waals surface area contributed by atoms with Gasteiger partial charge in [0.25, 0.3) is 0 Å². The van der Waals surface area contributed by atoms with E-state index >= 15 is 0 Å². The third-order valence-electron chi connectivity index (χ3n) is 2.18. The van der Waals surface area contributed by atoms with Crippen LogP contribution in [0.5, 0.6) is 0 Å². The third-order valence-corrected chi connectivity index (χ3v) is 2.18. The average molecular weight is 316 g/mol. The molecule has 0 rings (SSSR count). The van der Waals surface area contributed by atoms with Crippen LogP contribution >= 0.6 is 0 Å². The molecule has 0 aromatic heterocycles.